The summed E-state index contributed by atoms with van der Waals surface area (Å²) >= 11 is 0. The Bertz CT molecular complexity index is 1480. The lowest BCUT2D eigenvalue weighted by Gasteiger charge is -2.49. The molecule has 0 radical (unpaired) electrons. The van der Waals surface area contributed by atoms with E-state index in [4.69, 9.17) is 10.5 Å². The minimum Gasteiger partial charge on any atom is -0.504 e. The van der Waals surface area contributed by atoms with Crippen LogP contribution in [0.25, 0.3) is 0 Å². The number of likely N-dealkylation sites (tertiary alicyclic amines) is 1. The molecule has 2 aromatic rings. The molecule has 0 bridgehead atoms. The van der Waals surface area contributed by atoms with Gasteiger partial charge in [0.15, 0.2) is 11.5 Å². The zero-order chi connectivity index (χ0) is 27.8. The van der Waals surface area contributed by atoms with E-state index in [1.807, 2.05) is 6.08 Å². The number of fused-ring (bicyclic) bond motifs is 4. The van der Waals surface area contributed by atoms with Crippen LogP contribution in [0.2, 0.25) is 0 Å². The van der Waals surface area contributed by atoms with Crippen molar-refractivity contribution in [2.75, 3.05) is 12.0 Å². The molecule has 6 rings (SSSR count). The fourth-order valence-corrected chi connectivity index (χ4v) is 7.32. The Morgan fingerprint density at radius 2 is 1.74 bits per heavy atom. The second-order valence-corrected chi connectivity index (χ2v) is 10.8. The summed E-state index contributed by atoms with van der Waals surface area (Å²) in [5, 5.41) is 10.6. The van der Waals surface area contributed by atoms with Crippen molar-refractivity contribution < 1.29 is 33.8 Å². The maximum atomic E-state index is 14.2. The van der Waals surface area contributed by atoms with Gasteiger partial charge >= 0.3 is 6.03 Å². The van der Waals surface area contributed by atoms with Gasteiger partial charge in [0.25, 0.3) is 0 Å². The normalized spacial score (nSPS) is 31.5. The van der Waals surface area contributed by atoms with Gasteiger partial charge in [0, 0.05) is 5.92 Å². The number of methoxy groups -OCH3 is 1. The third-order valence-corrected chi connectivity index (χ3v) is 9.05. The predicted molar refractivity (Wildman–Crippen MR) is 137 cm³/mol. The molecular weight excluding hydrogens is 502 g/mol. The zero-order valence-corrected chi connectivity index (χ0v) is 21.4. The number of primary amides is 1. The summed E-state index contributed by atoms with van der Waals surface area (Å²) < 4.78 is 5.21. The number of anilines is 1. The topological polar surface area (TPSA) is 147 Å². The SMILES string of the molecule is COc1ccc(C2C3=CCC4C(=O)N(C(N)=O)C(=O)C4C3CC3C(=O)N(c4ccccc4)C(=O)C32C)cc1O. The van der Waals surface area contributed by atoms with E-state index >= 15 is 0 Å². The molecule has 39 heavy (non-hydrogen) atoms. The van der Waals surface area contributed by atoms with Crippen molar-refractivity contribution in [2.24, 2.45) is 34.8 Å². The number of hydrogen-bond donors (Lipinski definition) is 2. The van der Waals surface area contributed by atoms with Crippen molar-refractivity contribution in [3.8, 4) is 11.5 Å². The van der Waals surface area contributed by atoms with Crippen LogP contribution in [0.3, 0.4) is 0 Å². The lowest BCUT2D eigenvalue weighted by atomic mass is 9.51. The van der Waals surface area contributed by atoms with Gasteiger partial charge in [0.05, 0.1) is 36.0 Å². The largest absolute Gasteiger partial charge is 0.504 e. The summed E-state index contributed by atoms with van der Waals surface area (Å²) in [5.74, 6) is -5.69. The maximum Gasteiger partial charge on any atom is 0.328 e. The molecule has 6 amide bonds. The highest BCUT2D eigenvalue weighted by atomic mass is 16.5. The molecule has 10 nitrogen and oxygen atoms in total. The van der Waals surface area contributed by atoms with Gasteiger partial charge in [0.1, 0.15) is 0 Å². The Kier molecular flexibility index (Phi) is 5.43. The molecule has 0 spiro atoms. The number of carbonyl (C=O) groups excluding carboxylic acids is 5. The molecule has 4 aliphatic rings. The molecule has 3 fully saturated rings. The van der Waals surface area contributed by atoms with E-state index in [-0.39, 0.29) is 36.2 Å². The molecule has 1 saturated carbocycles. The fraction of sp³-hybridized carbons (Fsp3) is 0.345. The number of aromatic hydroxyl groups is 1. The van der Waals surface area contributed by atoms with Gasteiger partial charge in [-0.3, -0.25) is 19.2 Å². The third kappa shape index (κ3) is 3.23. The third-order valence-electron chi connectivity index (χ3n) is 9.05. The molecule has 3 N–H and O–H groups in total. The first-order valence-electron chi connectivity index (χ1n) is 12.8. The minimum absolute atomic E-state index is 0.129. The summed E-state index contributed by atoms with van der Waals surface area (Å²) in [4.78, 5) is 68.2. The first-order chi connectivity index (χ1) is 18.6. The molecule has 2 heterocycles. The van der Waals surface area contributed by atoms with Crippen LogP contribution >= 0.6 is 0 Å². The van der Waals surface area contributed by atoms with Crippen LogP contribution in [0.4, 0.5) is 10.5 Å². The number of amides is 6. The van der Waals surface area contributed by atoms with E-state index < -0.39 is 52.8 Å². The molecule has 2 aromatic carbocycles. The Hall–Kier alpha value is -4.47. The van der Waals surface area contributed by atoms with E-state index in [2.05, 4.69) is 0 Å². The molecule has 6 unspecified atom stereocenters. The van der Waals surface area contributed by atoms with Crippen molar-refractivity contribution in [3.05, 3.63) is 65.7 Å². The number of allylic oxidation sites excluding steroid dienone is 2. The number of urea groups is 1. The van der Waals surface area contributed by atoms with Crippen molar-refractivity contribution >= 4 is 35.3 Å². The predicted octanol–water partition coefficient (Wildman–Crippen LogP) is 2.71. The van der Waals surface area contributed by atoms with E-state index in [1.165, 1.54) is 18.1 Å². The summed E-state index contributed by atoms with van der Waals surface area (Å²) in [5.41, 5.74) is 5.90. The smallest absolute Gasteiger partial charge is 0.328 e. The van der Waals surface area contributed by atoms with Crippen LogP contribution in [-0.4, -0.2) is 46.8 Å². The Morgan fingerprint density at radius 1 is 1.03 bits per heavy atom. The van der Waals surface area contributed by atoms with E-state index in [9.17, 15) is 29.1 Å². The first kappa shape index (κ1) is 24.8. The number of phenols is 1. The number of phenolic OH excluding ortho intramolecular Hbond substituents is 1. The maximum absolute atomic E-state index is 14.2. The van der Waals surface area contributed by atoms with E-state index in [1.54, 1.807) is 49.4 Å². The lowest BCUT2D eigenvalue weighted by Crippen LogP contribution is -2.49. The van der Waals surface area contributed by atoms with Crippen LogP contribution < -0.4 is 15.4 Å². The monoisotopic (exact) mass is 529 g/mol. The number of hydrogen-bond acceptors (Lipinski definition) is 7. The first-order valence-corrected chi connectivity index (χ1v) is 12.8. The molecule has 2 aliphatic carbocycles. The Balaban J connectivity index is 1.53. The van der Waals surface area contributed by atoms with Gasteiger partial charge in [-0.2, -0.15) is 4.90 Å². The molecule has 10 heteroatoms. The van der Waals surface area contributed by atoms with Gasteiger partial charge in [-0.15, -0.1) is 0 Å². The number of nitrogens with zero attached hydrogens (tertiary/aromatic N) is 2. The number of para-hydroxylation sites is 1. The van der Waals surface area contributed by atoms with Gasteiger partial charge in [-0.1, -0.05) is 35.9 Å². The number of ether oxygens (including phenoxy) is 1. The second-order valence-electron chi connectivity index (χ2n) is 10.8. The second kappa shape index (κ2) is 8.52. The summed E-state index contributed by atoms with van der Waals surface area (Å²) in [6, 6.07) is 12.4. The van der Waals surface area contributed by atoms with Crippen LogP contribution in [-0.2, 0) is 19.2 Å². The number of rotatable bonds is 3. The molecule has 6 atom stereocenters. The van der Waals surface area contributed by atoms with Crippen molar-refractivity contribution in [2.45, 2.75) is 25.7 Å². The van der Waals surface area contributed by atoms with Crippen molar-refractivity contribution in [1.29, 1.82) is 0 Å². The fourth-order valence-electron chi connectivity index (χ4n) is 7.32. The molecular formula is C29H27N3O7. The number of benzene rings is 2. The molecule has 0 aromatic heterocycles. The lowest BCUT2D eigenvalue weighted by molar-refractivity contribution is -0.136. The van der Waals surface area contributed by atoms with Gasteiger partial charge in [-0.05, 0) is 55.5 Å². The van der Waals surface area contributed by atoms with Crippen LogP contribution in [0, 0.1) is 29.1 Å². The average Bonchev–Trinajstić information content (AvgIpc) is 3.28. The highest BCUT2D eigenvalue weighted by Crippen LogP contribution is 2.63. The van der Waals surface area contributed by atoms with Gasteiger partial charge in [0.2, 0.25) is 23.6 Å². The standard InChI is InChI=1S/C29H27N3O7/c1-29-19(25(35)31(27(29)37)15-6-4-3-5-7-15)13-18-16(23(29)14-8-11-21(39-2)20(33)12-14)9-10-17-22(18)26(36)32(24(17)34)28(30)38/h3-9,11-12,17-19,22-23,33H,10,13H2,1-2H3,(H2,30,38). The molecule has 200 valence electrons. The Labute approximate surface area is 224 Å². The molecule has 2 saturated heterocycles. The number of imide groups is 4. The minimum atomic E-state index is -1.24. The van der Waals surface area contributed by atoms with E-state index in [0.717, 1.165) is 5.57 Å². The number of nitrogens with two attached hydrogens (primary N) is 1. The summed E-state index contributed by atoms with van der Waals surface area (Å²) in [6.07, 6.45) is 2.20. The highest BCUT2D eigenvalue weighted by molar-refractivity contribution is 6.24. The Morgan fingerprint density at radius 3 is 2.38 bits per heavy atom. The van der Waals surface area contributed by atoms with Crippen molar-refractivity contribution in [1.82, 2.24) is 4.90 Å². The highest BCUT2D eigenvalue weighted by Gasteiger charge is 2.67. The van der Waals surface area contributed by atoms with Gasteiger partial charge < -0.3 is 15.6 Å². The van der Waals surface area contributed by atoms with Crippen LogP contribution in [0.1, 0.15) is 31.2 Å². The quantitative estimate of drug-likeness (QED) is 0.459. The summed E-state index contributed by atoms with van der Waals surface area (Å²) in [6.45, 7) is 1.76. The number of carbonyl (C=O) groups is 5. The zero-order valence-electron chi connectivity index (χ0n) is 21.4. The van der Waals surface area contributed by atoms with Crippen LogP contribution in [0.5, 0.6) is 11.5 Å². The van der Waals surface area contributed by atoms with Gasteiger partial charge in [-0.25, -0.2) is 9.69 Å². The van der Waals surface area contributed by atoms with E-state index in [0.29, 0.717) is 16.2 Å². The molecule has 2 aliphatic heterocycles. The summed E-state index contributed by atoms with van der Waals surface area (Å²) in [7, 11) is 1.43. The van der Waals surface area contributed by atoms with Crippen LogP contribution in [0.15, 0.2) is 60.2 Å². The van der Waals surface area contributed by atoms with Crippen molar-refractivity contribution in [3.63, 3.8) is 0 Å². The average molecular weight is 530 g/mol.